The summed E-state index contributed by atoms with van der Waals surface area (Å²) in [5.41, 5.74) is 11.8. The molecule has 0 aliphatic heterocycles. The summed E-state index contributed by atoms with van der Waals surface area (Å²) in [7, 11) is 0. The van der Waals surface area contributed by atoms with Crippen LogP contribution in [-0.2, 0) is 4.79 Å². The summed E-state index contributed by atoms with van der Waals surface area (Å²) in [6, 6.07) is 7.63. The van der Waals surface area contributed by atoms with Crippen LogP contribution in [-0.4, -0.2) is 16.8 Å². The number of nitrogens with two attached hydrogens (primary N) is 1. The third kappa shape index (κ3) is 4.53. The minimum atomic E-state index is -0.539. The van der Waals surface area contributed by atoms with Gasteiger partial charge in [-0.1, -0.05) is 37.2 Å². The fraction of sp³-hybridized carbons (Fsp3) is 0.400. The van der Waals surface area contributed by atoms with Gasteiger partial charge in [-0.25, -0.2) is 0 Å². The van der Waals surface area contributed by atoms with Gasteiger partial charge in [0.25, 0.3) is 5.91 Å². The zero-order valence-corrected chi connectivity index (χ0v) is 12.5. The Kier molecular flexibility index (Phi) is 5.27. The highest BCUT2D eigenvalue weighted by atomic mass is 32.1. The molecule has 112 valence electrons. The first kappa shape index (κ1) is 15.4. The highest BCUT2D eigenvalue weighted by molar-refractivity contribution is 7.80. The van der Waals surface area contributed by atoms with Gasteiger partial charge < -0.3 is 5.73 Å². The van der Waals surface area contributed by atoms with E-state index in [9.17, 15) is 9.59 Å². The van der Waals surface area contributed by atoms with Gasteiger partial charge in [0.1, 0.15) is 4.99 Å². The van der Waals surface area contributed by atoms with Crippen LogP contribution in [0.15, 0.2) is 24.3 Å². The van der Waals surface area contributed by atoms with Crippen LogP contribution in [0.2, 0.25) is 0 Å². The molecule has 2 amide bonds. The van der Waals surface area contributed by atoms with E-state index in [0.29, 0.717) is 11.5 Å². The van der Waals surface area contributed by atoms with Crippen molar-refractivity contribution in [1.29, 1.82) is 0 Å². The molecule has 1 aromatic carbocycles. The predicted molar refractivity (Wildman–Crippen MR) is 84.7 cm³/mol. The molecule has 1 fully saturated rings. The number of nitrogens with one attached hydrogen (secondary N) is 2. The Bertz CT molecular complexity index is 536. The van der Waals surface area contributed by atoms with E-state index in [2.05, 4.69) is 10.9 Å². The molecule has 5 nitrogen and oxygen atoms in total. The molecule has 1 aliphatic carbocycles. The lowest BCUT2D eigenvalue weighted by Crippen LogP contribution is -2.42. The normalized spacial score (nSPS) is 14.7. The number of carbonyl (C=O) groups is 2. The molecule has 21 heavy (non-hydrogen) atoms. The minimum Gasteiger partial charge on any atom is -0.369 e. The SMILES string of the molecule is NC(=O)CC(=S)NNC(=O)c1ccc(C2CCCC2)cc1. The van der Waals surface area contributed by atoms with E-state index in [-0.39, 0.29) is 17.3 Å². The molecule has 0 spiro atoms. The maximum atomic E-state index is 11.9. The number of primary amides is 1. The molecule has 0 unspecified atom stereocenters. The second-order valence-electron chi connectivity index (χ2n) is 5.25. The van der Waals surface area contributed by atoms with Crippen molar-refractivity contribution >= 4 is 29.0 Å². The molecular formula is C15H19N3O2S. The van der Waals surface area contributed by atoms with E-state index in [4.69, 9.17) is 18.0 Å². The van der Waals surface area contributed by atoms with E-state index in [1.165, 1.54) is 31.2 Å². The first-order chi connectivity index (χ1) is 10.1. The summed E-state index contributed by atoms with van der Waals surface area (Å²) >= 11 is 4.87. The van der Waals surface area contributed by atoms with Crippen molar-refractivity contribution in [3.8, 4) is 0 Å². The fourth-order valence-corrected chi connectivity index (χ4v) is 2.76. The minimum absolute atomic E-state index is 0.0871. The number of amides is 2. The summed E-state index contributed by atoms with van der Waals surface area (Å²) in [5, 5.41) is 0. The molecule has 6 heteroatoms. The van der Waals surface area contributed by atoms with Gasteiger partial charge in [-0.3, -0.25) is 20.4 Å². The average Bonchev–Trinajstić information content (AvgIpc) is 2.98. The summed E-state index contributed by atoms with van der Waals surface area (Å²) in [6.45, 7) is 0. The van der Waals surface area contributed by atoms with Crippen LogP contribution in [0.25, 0.3) is 0 Å². The molecular weight excluding hydrogens is 286 g/mol. The number of rotatable bonds is 4. The smallest absolute Gasteiger partial charge is 0.269 e. The number of hydrogen-bond donors (Lipinski definition) is 3. The van der Waals surface area contributed by atoms with Gasteiger partial charge >= 0.3 is 0 Å². The highest BCUT2D eigenvalue weighted by Crippen LogP contribution is 2.33. The zero-order chi connectivity index (χ0) is 15.2. The lowest BCUT2D eigenvalue weighted by molar-refractivity contribution is -0.116. The quantitative estimate of drug-likeness (QED) is 0.585. The van der Waals surface area contributed by atoms with Gasteiger partial charge in [0.15, 0.2) is 0 Å². The first-order valence-corrected chi connectivity index (χ1v) is 7.44. The second-order valence-corrected chi connectivity index (χ2v) is 5.74. The van der Waals surface area contributed by atoms with Gasteiger partial charge in [-0.15, -0.1) is 0 Å². The van der Waals surface area contributed by atoms with Gasteiger partial charge in [0.2, 0.25) is 5.91 Å². The summed E-state index contributed by atoms with van der Waals surface area (Å²) in [4.78, 5) is 22.8. The number of thiocarbonyl (C=S) groups is 1. The van der Waals surface area contributed by atoms with Crippen LogP contribution < -0.4 is 16.6 Å². The highest BCUT2D eigenvalue weighted by Gasteiger charge is 2.17. The van der Waals surface area contributed by atoms with Crippen LogP contribution in [0.1, 0.15) is 53.9 Å². The first-order valence-electron chi connectivity index (χ1n) is 7.03. The van der Waals surface area contributed by atoms with Gasteiger partial charge in [-0.2, -0.15) is 0 Å². The van der Waals surface area contributed by atoms with E-state index in [1.807, 2.05) is 24.3 Å². The molecule has 0 atom stereocenters. The summed E-state index contributed by atoms with van der Waals surface area (Å²) in [5.74, 6) is -0.203. The van der Waals surface area contributed by atoms with Crippen molar-refractivity contribution in [3.05, 3.63) is 35.4 Å². The summed E-state index contributed by atoms with van der Waals surface area (Å²) < 4.78 is 0. The maximum absolute atomic E-state index is 11.9. The second kappa shape index (κ2) is 7.17. The van der Waals surface area contributed by atoms with Gasteiger partial charge in [0.05, 0.1) is 6.42 Å². The van der Waals surface area contributed by atoms with Crippen LogP contribution in [0.3, 0.4) is 0 Å². The number of hydrazine groups is 1. The third-order valence-electron chi connectivity index (χ3n) is 3.65. The third-order valence-corrected chi connectivity index (χ3v) is 3.90. The Hall–Kier alpha value is -1.95. The zero-order valence-electron chi connectivity index (χ0n) is 11.7. The van der Waals surface area contributed by atoms with Crippen LogP contribution in [0.4, 0.5) is 0 Å². The van der Waals surface area contributed by atoms with E-state index < -0.39 is 5.91 Å². The predicted octanol–water partition coefficient (Wildman–Crippen LogP) is 1.78. The molecule has 0 radical (unpaired) electrons. The molecule has 0 heterocycles. The summed E-state index contributed by atoms with van der Waals surface area (Å²) in [6.07, 6.45) is 4.95. The largest absolute Gasteiger partial charge is 0.369 e. The Balaban J connectivity index is 1.87. The van der Waals surface area contributed by atoms with Crippen LogP contribution in [0, 0.1) is 0 Å². The van der Waals surface area contributed by atoms with Crippen LogP contribution >= 0.6 is 12.2 Å². The number of benzene rings is 1. The molecule has 2 rings (SSSR count). The molecule has 1 aliphatic rings. The molecule has 1 aromatic rings. The van der Waals surface area contributed by atoms with Gasteiger partial charge in [-0.05, 0) is 36.5 Å². The topological polar surface area (TPSA) is 84.2 Å². The molecule has 0 saturated heterocycles. The number of hydrogen-bond acceptors (Lipinski definition) is 3. The van der Waals surface area contributed by atoms with E-state index >= 15 is 0 Å². The van der Waals surface area contributed by atoms with Crippen molar-refractivity contribution in [2.45, 2.75) is 38.0 Å². The van der Waals surface area contributed by atoms with Crippen molar-refractivity contribution in [2.24, 2.45) is 5.73 Å². The average molecular weight is 305 g/mol. The van der Waals surface area contributed by atoms with Crippen molar-refractivity contribution < 1.29 is 9.59 Å². The van der Waals surface area contributed by atoms with Crippen molar-refractivity contribution in [1.82, 2.24) is 10.9 Å². The molecule has 1 saturated carbocycles. The van der Waals surface area contributed by atoms with Crippen molar-refractivity contribution in [2.75, 3.05) is 0 Å². The standard InChI is InChI=1S/C15H19N3O2S/c16-13(19)9-14(21)17-18-15(20)12-7-5-11(6-8-12)10-3-1-2-4-10/h5-8,10H,1-4,9H2,(H2,16,19)(H,17,21)(H,18,20). The Morgan fingerprint density at radius 2 is 1.76 bits per heavy atom. The van der Waals surface area contributed by atoms with Crippen molar-refractivity contribution in [3.63, 3.8) is 0 Å². The lowest BCUT2D eigenvalue weighted by atomic mass is 9.97. The molecule has 0 aromatic heterocycles. The van der Waals surface area contributed by atoms with Gasteiger partial charge in [0, 0.05) is 5.56 Å². The van der Waals surface area contributed by atoms with Crippen LogP contribution in [0.5, 0.6) is 0 Å². The Labute approximate surface area is 129 Å². The molecule has 4 N–H and O–H groups in total. The Morgan fingerprint density at radius 1 is 1.14 bits per heavy atom. The lowest BCUT2D eigenvalue weighted by Gasteiger charge is -2.11. The molecule has 0 bridgehead atoms. The van der Waals surface area contributed by atoms with E-state index in [0.717, 1.165) is 0 Å². The number of carbonyl (C=O) groups excluding carboxylic acids is 2. The maximum Gasteiger partial charge on any atom is 0.269 e. The fourth-order valence-electron chi connectivity index (χ4n) is 2.57. The monoisotopic (exact) mass is 305 g/mol. The van der Waals surface area contributed by atoms with E-state index in [1.54, 1.807) is 0 Å². The Morgan fingerprint density at radius 3 is 2.33 bits per heavy atom.